The number of nitrogens with zero attached hydrogens (tertiary/aromatic N) is 1. The van der Waals surface area contributed by atoms with Crippen LogP contribution in [-0.2, 0) is 9.59 Å². The van der Waals surface area contributed by atoms with Crippen LogP contribution in [0.25, 0.3) is 0 Å². The van der Waals surface area contributed by atoms with Crippen LogP contribution in [-0.4, -0.2) is 45.8 Å². The summed E-state index contributed by atoms with van der Waals surface area (Å²) in [4.78, 5) is 32.0. The molecule has 0 heterocycles. The van der Waals surface area contributed by atoms with Gasteiger partial charge in [-0.05, 0) is 13.0 Å². The summed E-state index contributed by atoms with van der Waals surface area (Å²) in [5, 5.41) is 30.8. The molecule has 1 amide bonds. The molecule has 0 aliphatic rings. The van der Waals surface area contributed by atoms with E-state index in [2.05, 4.69) is 5.32 Å². The van der Waals surface area contributed by atoms with Crippen molar-refractivity contribution in [1.29, 1.82) is 0 Å². The Hall–Kier alpha value is -2.68. The van der Waals surface area contributed by atoms with E-state index in [1.54, 1.807) is 0 Å². The Morgan fingerprint density at radius 1 is 1.48 bits per heavy atom. The second-order valence-electron chi connectivity index (χ2n) is 4.40. The number of aliphatic hydroxyl groups is 1. The lowest BCUT2D eigenvalue weighted by Crippen LogP contribution is -2.47. The highest BCUT2D eigenvalue weighted by molar-refractivity contribution is 5.80. The number of carboxylic acids is 1. The fourth-order valence-corrected chi connectivity index (χ4v) is 1.23. The monoisotopic (exact) mass is 298 g/mol. The molecule has 9 nitrogen and oxygen atoms in total. The number of nitro benzene ring substituents is 1. The van der Waals surface area contributed by atoms with Crippen molar-refractivity contribution in [3.63, 3.8) is 0 Å². The second kappa shape index (κ2) is 6.66. The van der Waals surface area contributed by atoms with Gasteiger partial charge in [0.15, 0.2) is 12.2 Å². The summed E-state index contributed by atoms with van der Waals surface area (Å²) in [5.74, 6) is -2.00. The number of nitro groups is 1. The van der Waals surface area contributed by atoms with Crippen LogP contribution < -0.4 is 10.1 Å². The highest BCUT2D eigenvalue weighted by Crippen LogP contribution is 2.18. The SMILES string of the molecule is CC(O)(CNC(=O)COc1cccc([N+](=O)[O-])c1)C(=O)O. The summed E-state index contributed by atoms with van der Waals surface area (Å²) in [5.41, 5.74) is -2.26. The van der Waals surface area contributed by atoms with Gasteiger partial charge in [-0.2, -0.15) is 0 Å². The molecule has 21 heavy (non-hydrogen) atoms. The van der Waals surface area contributed by atoms with Crippen LogP contribution in [0, 0.1) is 10.1 Å². The van der Waals surface area contributed by atoms with Gasteiger partial charge < -0.3 is 20.3 Å². The van der Waals surface area contributed by atoms with Crippen LogP contribution in [0.1, 0.15) is 6.92 Å². The van der Waals surface area contributed by atoms with Gasteiger partial charge in [-0.3, -0.25) is 14.9 Å². The summed E-state index contributed by atoms with van der Waals surface area (Å²) in [7, 11) is 0. The van der Waals surface area contributed by atoms with Crippen LogP contribution in [0.2, 0.25) is 0 Å². The number of hydrogen-bond acceptors (Lipinski definition) is 6. The quantitative estimate of drug-likeness (QED) is 0.472. The van der Waals surface area contributed by atoms with Gasteiger partial charge >= 0.3 is 5.97 Å². The number of benzene rings is 1. The normalized spacial score (nSPS) is 13.0. The highest BCUT2D eigenvalue weighted by atomic mass is 16.6. The average Bonchev–Trinajstić information content (AvgIpc) is 2.43. The summed E-state index contributed by atoms with van der Waals surface area (Å²) >= 11 is 0. The standard InChI is InChI=1S/C12H14N2O7/c1-12(18,11(16)17)7-13-10(15)6-21-9-4-2-3-8(5-9)14(19)20/h2-5,18H,6-7H2,1H3,(H,13,15)(H,16,17). The number of rotatable bonds is 7. The molecule has 9 heteroatoms. The number of carboxylic acid groups (broad SMARTS) is 1. The molecule has 1 aromatic rings. The van der Waals surface area contributed by atoms with Gasteiger partial charge in [-0.25, -0.2) is 4.79 Å². The van der Waals surface area contributed by atoms with E-state index in [0.29, 0.717) is 0 Å². The molecular weight excluding hydrogens is 284 g/mol. The summed E-state index contributed by atoms with van der Waals surface area (Å²) in [6.45, 7) is 0.0906. The average molecular weight is 298 g/mol. The molecule has 0 aliphatic carbocycles. The number of carbonyl (C=O) groups excluding carboxylic acids is 1. The third-order valence-corrected chi connectivity index (χ3v) is 2.49. The third kappa shape index (κ3) is 5.07. The molecule has 0 saturated carbocycles. The van der Waals surface area contributed by atoms with Crippen LogP contribution in [0.3, 0.4) is 0 Å². The third-order valence-electron chi connectivity index (χ3n) is 2.49. The first-order valence-corrected chi connectivity index (χ1v) is 5.82. The zero-order valence-corrected chi connectivity index (χ0v) is 11.1. The van der Waals surface area contributed by atoms with Crippen molar-refractivity contribution in [1.82, 2.24) is 5.32 Å². The van der Waals surface area contributed by atoms with Gasteiger partial charge in [0.25, 0.3) is 11.6 Å². The summed E-state index contributed by atoms with van der Waals surface area (Å²) < 4.78 is 5.04. The number of aliphatic carboxylic acids is 1. The topological polar surface area (TPSA) is 139 Å². The number of nitrogens with one attached hydrogen (secondary N) is 1. The van der Waals surface area contributed by atoms with E-state index in [1.807, 2.05) is 0 Å². The van der Waals surface area contributed by atoms with Gasteiger partial charge in [-0.1, -0.05) is 6.07 Å². The van der Waals surface area contributed by atoms with Crippen molar-refractivity contribution < 1.29 is 29.5 Å². The Morgan fingerprint density at radius 2 is 2.14 bits per heavy atom. The van der Waals surface area contributed by atoms with Crippen molar-refractivity contribution in [2.24, 2.45) is 0 Å². The van der Waals surface area contributed by atoms with E-state index in [1.165, 1.54) is 18.2 Å². The fourth-order valence-electron chi connectivity index (χ4n) is 1.23. The molecule has 114 valence electrons. The van der Waals surface area contributed by atoms with Gasteiger partial charge in [0.2, 0.25) is 0 Å². The van der Waals surface area contributed by atoms with E-state index >= 15 is 0 Å². The van der Waals surface area contributed by atoms with Gasteiger partial charge in [0, 0.05) is 6.07 Å². The number of non-ortho nitro benzene ring substituents is 1. The fraction of sp³-hybridized carbons (Fsp3) is 0.333. The first-order valence-electron chi connectivity index (χ1n) is 5.82. The lowest BCUT2D eigenvalue weighted by molar-refractivity contribution is -0.384. The Kier molecular flexibility index (Phi) is 5.19. The van der Waals surface area contributed by atoms with Crippen LogP contribution in [0.4, 0.5) is 5.69 Å². The van der Waals surface area contributed by atoms with E-state index in [4.69, 9.17) is 9.84 Å². The lowest BCUT2D eigenvalue weighted by atomic mass is 10.1. The van der Waals surface area contributed by atoms with Gasteiger partial charge in [0.1, 0.15) is 5.75 Å². The van der Waals surface area contributed by atoms with Gasteiger partial charge in [0.05, 0.1) is 17.5 Å². The lowest BCUT2D eigenvalue weighted by Gasteiger charge is -2.18. The predicted molar refractivity (Wildman–Crippen MR) is 69.9 cm³/mol. The number of hydrogen-bond donors (Lipinski definition) is 3. The molecule has 0 aliphatic heterocycles. The molecular formula is C12H14N2O7. The molecule has 0 spiro atoms. The van der Waals surface area contributed by atoms with E-state index in [9.17, 15) is 24.8 Å². The Balaban J connectivity index is 2.48. The van der Waals surface area contributed by atoms with Crippen molar-refractivity contribution in [2.45, 2.75) is 12.5 Å². The molecule has 0 fully saturated rings. The maximum absolute atomic E-state index is 11.4. The van der Waals surface area contributed by atoms with Crippen molar-refractivity contribution in [2.75, 3.05) is 13.2 Å². The molecule has 0 radical (unpaired) electrons. The van der Waals surface area contributed by atoms with Crippen LogP contribution >= 0.6 is 0 Å². The van der Waals surface area contributed by atoms with Crippen molar-refractivity contribution in [3.8, 4) is 5.75 Å². The maximum atomic E-state index is 11.4. The molecule has 0 bridgehead atoms. The minimum absolute atomic E-state index is 0.129. The van der Waals surface area contributed by atoms with Gasteiger partial charge in [-0.15, -0.1) is 0 Å². The second-order valence-corrected chi connectivity index (χ2v) is 4.40. The van der Waals surface area contributed by atoms with Crippen LogP contribution in [0.15, 0.2) is 24.3 Å². The molecule has 1 atom stereocenters. The predicted octanol–water partition coefficient (Wildman–Crippen LogP) is -0.0746. The van der Waals surface area contributed by atoms with Crippen molar-refractivity contribution >= 4 is 17.6 Å². The molecule has 1 rings (SSSR count). The summed E-state index contributed by atoms with van der Waals surface area (Å²) in [6, 6.07) is 5.27. The molecule has 3 N–H and O–H groups in total. The highest BCUT2D eigenvalue weighted by Gasteiger charge is 2.30. The Bertz CT molecular complexity index is 556. The number of carbonyl (C=O) groups is 2. The number of ether oxygens (including phenoxy) is 1. The Morgan fingerprint density at radius 3 is 2.71 bits per heavy atom. The van der Waals surface area contributed by atoms with E-state index in [-0.39, 0.29) is 11.4 Å². The molecule has 1 unspecified atom stereocenters. The number of amides is 1. The summed E-state index contributed by atoms with van der Waals surface area (Å²) in [6.07, 6.45) is 0. The zero-order valence-electron chi connectivity index (χ0n) is 11.1. The molecule has 0 saturated heterocycles. The van der Waals surface area contributed by atoms with E-state index < -0.39 is 35.6 Å². The minimum Gasteiger partial charge on any atom is -0.484 e. The first kappa shape index (κ1) is 16.4. The Labute approximate surface area is 119 Å². The largest absolute Gasteiger partial charge is 0.484 e. The molecule has 0 aromatic heterocycles. The first-order chi connectivity index (χ1) is 9.72. The zero-order chi connectivity index (χ0) is 16.0. The minimum atomic E-state index is -2.08. The van der Waals surface area contributed by atoms with Crippen molar-refractivity contribution in [3.05, 3.63) is 34.4 Å². The maximum Gasteiger partial charge on any atom is 0.337 e. The van der Waals surface area contributed by atoms with Crippen LogP contribution in [0.5, 0.6) is 5.75 Å². The smallest absolute Gasteiger partial charge is 0.337 e. The van der Waals surface area contributed by atoms with E-state index in [0.717, 1.165) is 13.0 Å². The molecule has 1 aromatic carbocycles.